The molecule has 2 aromatic carbocycles. The molecule has 0 fully saturated rings. The highest BCUT2D eigenvalue weighted by molar-refractivity contribution is 5.80. The number of H-pyrrole nitrogens is 1. The van der Waals surface area contributed by atoms with Gasteiger partial charge in [-0.1, -0.05) is 43.7 Å². The van der Waals surface area contributed by atoms with Crippen LogP contribution >= 0.6 is 0 Å². The molecule has 1 aromatic heterocycles. The molecule has 0 spiro atoms. The van der Waals surface area contributed by atoms with Gasteiger partial charge in [0.2, 0.25) is 0 Å². The van der Waals surface area contributed by atoms with Crippen LogP contribution in [-0.2, 0) is 12.8 Å². The molecule has 3 aromatic rings. The SMILES string of the molecule is CCCc1[nH]n(-c2ccc([N+](=O)[O-])cc2)c(=O)c1C=NCCc1ccccc1. The fourth-order valence-corrected chi connectivity index (χ4v) is 2.97. The molecule has 7 heteroatoms. The van der Waals surface area contributed by atoms with Crippen molar-refractivity contribution in [2.45, 2.75) is 26.2 Å². The van der Waals surface area contributed by atoms with Crippen LogP contribution in [0.5, 0.6) is 0 Å². The second-order valence-electron chi connectivity index (χ2n) is 6.44. The second kappa shape index (κ2) is 8.94. The lowest BCUT2D eigenvalue weighted by Gasteiger charge is -2.01. The van der Waals surface area contributed by atoms with Crippen molar-refractivity contribution in [3.63, 3.8) is 0 Å². The van der Waals surface area contributed by atoms with Crippen molar-refractivity contribution in [2.24, 2.45) is 4.99 Å². The summed E-state index contributed by atoms with van der Waals surface area (Å²) >= 11 is 0. The van der Waals surface area contributed by atoms with E-state index in [1.807, 2.05) is 25.1 Å². The van der Waals surface area contributed by atoms with Crippen molar-refractivity contribution in [1.29, 1.82) is 0 Å². The molecule has 0 bridgehead atoms. The summed E-state index contributed by atoms with van der Waals surface area (Å²) in [6.07, 6.45) is 4.04. The molecular weight excluding hydrogens is 356 g/mol. The molecule has 3 rings (SSSR count). The van der Waals surface area contributed by atoms with Gasteiger partial charge in [-0.05, 0) is 30.5 Å². The standard InChI is InChI=1S/C21H22N4O3/c1-2-6-20-19(15-22-14-13-16-7-4-3-5-8-16)21(26)24(23-20)17-9-11-18(12-10-17)25(27)28/h3-5,7-12,15,23H,2,6,13-14H2,1H3. The zero-order valence-electron chi connectivity index (χ0n) is 15.7. The average molecular weight is 378 g/mol. The van der Waals surface area contributed by atoms with Crippen molar-refractivity contribution >= 4 is 11.9 Å². The van der Waals surface area contributed by atoms with Gasteiger partial charge in [0.1, 0.15) is 0 Å². The van der Waals surface area contributed by atoms with Crippen molar-refractivity contribution in [2.75, 3.05) is 6.54 Å². The van der Waals surface area contributed by atoms with Gasteiger partial charge in [0.25, 0.3) is 11.2 Å². The van der Waals surface area contributed by atoms with E-state index < -0.39 is 4.92 Å². The number of benzene rings is 2. The predicted octanol–water partition coefficient (Wildman–Crippen LogP) is 3.69. The molecule has 0 amide bonds. The third-order valence-electron chi connectivity index (χ3n) is 4.42. The number of hydrogen-bond donors (Lipinski definition) is 1. The molecule has 0 radical (unpaired) electrons. The third-order valence-corrected chi connectivity index (χ3v) is 4.42. The summed E-state index contributed by atoms with van der Waals surface area (Å²) in [6, 6.07) is 16.0. The summed E-state index contributed by atoms with van der Waals surface area (Å²) in [4.78, 5) is 27.6. The Morgan fingerprint density at radius 1 is 1.11 bits per heavy atom. The summed E-state index contributed by atoms with van der Waals surface area (Å²) in [5.41, 5.74) is 2.88. The molecular formula is C21H22N4O3. The molecule has 0 aliphatic heterocycles. The minimum Gasteiger partial charge on any atom is -0.294 e. The number of nitro benzene ring substituents is 1. The number of aryl methyl sites for hydroxylation is 1. The monoisotopic (exact) mass is 378 g/mol. The lowest BCUT2D eigenvalue weighted by Crippen LogP contribution is -2.17. The summed E-state index contributed by atoms with van der Waals surface area (Å²) in [5.74, 6) is 0. The highest BCUT2D eigenvalue weighted by Gasteiger charge is 2.14. The molecule has 28 heavy (non-hydrogen) atoms. The number of nitrogens with one attached hydrogen (secondary N) is 1. The van der Waals surface area contributed by atoms with E-state index in [-0.39, 0.29) is 11.2 Å². The lowest BCUT2D eigenvalue weighted by atomic mass is 10.1. The Kier molecular flexibility index (Phi) is 6.16. The van der Waals surface area contributed by atoms with Gasteiger partial charge in [-0.25, -0.2) is 4.68 Å². The van der Waals surface area contributed by atoms with E-state index in [0.717, 1.165) is 25.0 Å². The molecule has 0 aliphatic carbocycles. The lowest BCUT2D eigenvalue weighted by molar-refractivity contribution is -0.384. The maximum atomic E-state index is 12.9. The van der Waals surface area contributed by atoms with Crippen LogP contribution in [0.25, 0.3) is 5.69 Å². The summed E-state index contributed by atoms with van der Waals surface area (Å²) in [5, 5.41) is 13.9. The normalized spacial score (nSPS) is 11.2. The van der Waals surface area contributed by atoms with Crippen LogP contribution in [0.1, 0.15) is 30.2 Å². The highest BCUT2D eigenvalue weighted by Crippen LogP contribution is 2.15. The van der Waals surface area contributed by atoms with Crippen molar-refractivity contribution < 1.29 is 4.92 Å². The van der Waals surface area contributed by atoms with Gasteiger partial charge in [-0.15, -0.1) is 0 Å². The fraction of sp³-hybridized carbons (Fsp3) is 0.238. The first kappa shape index (κ1) is 19.3. The number of nitro groups is 1. The van der Waals surface area contributed by atoms with Crippen LogP contribution in [0.4, 0.5) is 5.69 Å². The Bertz CT molecular complexity index is 1020. The number of aromatic nitrogens is 2. The number of nitrogens with zero attached hydrogens (tertiary/aromatic N) is 3. The van der Waals surface area contributed by atoms with Gasteiger partial charge in [-0.3, -0.25) is 25.0 Å². The second-order valence-corrected chi connectivity index (χ2v) is 6.44. The first-order chi connectivity index (χ1) is 13.6. The minimum absolute atomic E-state index is 0.0140. The molecule has 144 valence electrons. The quantitative estimate of drug-likeness (QED) is 0.368. The van der Waals surface area contributed by atoms with Gasteiger partial charge >= 0.3 is 0 Å². The largest absolute Gasteiger partial charge is 0.294 e. The zero-order chi connectivity index (χ0) is 19.9. The van der Waals surface area contributed by atoms with E-state index in [9.17, 15) is 14.9 Å². The summed E-state index contributed by atoms with van der Waals surface area (Å²) < 4.78 is 1.41. The molecule has 1 heterocycles. The van der Waals surface area contributed by atoms with Gasteiger partial charge in [0, 0.05) is 30.6 Å². The van der Waals surface area contributed by atoms with Crippen LogP contribution in [0.2, 0.25) is 0 Å². The zero-order valence-corrected chi connectivity index (χ0v) is 15.7. The number of non-ortho nitro benzene ring substituents is 1. The van der Waals surface area contributed by atoms with Gasteiger partial charge in [0.05, 0.1) is 16.2 Å². The van der Waals surface area contributed by atoms with E-state index in [4.69, 9.17) is 0 Å². The molecule has 0 unspecified atom stereocenters. The predicted molar refractivity (Wildman–Crippen MR) is 110 cm³/mol. The Hall–Kier alpha value is -3.48. The number of hydrogen-bond acceptors (Lipinski definition) is 4. The van der Waals surface area contributed by atoms with E-state index in [2.05, 4.69) is 22.2 Å². The fourth-order valence-electron chi connectivity index (χ4n) is 2.97. The van der Waals surface area contributed by atoms with Crippen LogP contribution < -0.4 is 5.56 Å². The molecule has 1 N–H and O–H groups in total. The van der Waals surface area contributed by atoms with E-state index in [1.54, 1.807) is 18.3 Å². The van der Waals surface area contributed by atoms with Crippen LogP contribution in [-0.4, -0.2) is 27.5 Å². The number of aliphatic imine (C=N–C) groups is 1. The first-order valence-electron chi connectivity index (χ1n) is 9.22. The topological polar surface area (TPSA) is 93.3 Å². The van der Waals surface area contributed by atoms with Gasteiger partial charge in [0.15, 0.2) is 0 Å². The molecule has 0 aliphatic rings. The van der Waals surface area contributed by atoms with Crippen molar-refractivity contribution in [3.8, 4) is 5.69 Å². The smallest absolute Gasteiger partial charge is 0.280 e. The molecule has 0 atom stereocenters. The maximum Gasteiger partial charge on any atom is 0.280 e. The Balaban J connectivity index is 1.83. The number of rotatable bonds is 8. The summed E-state index contributed by atoms with van der Waals surface area (Å²) in [7, 11) is 0. The summed E-state index contributed by atoms with van der Waals surface area (Å²) in [6.45, 7) is 2.63. The van der Waals surface area contributed by atoms with Gasteiger partial charge in [-0.2, -0.15) is 0 Å². The van der Waals surface area contributed by atoms with Gasteiger partial charge < -0.3 is 0 Å². The molecule has 7 nitrogen and oxygen atoms in total. The third kappa shape index (κ3) is 4.43. The van der Waals surface area contributed by atoms with Crippen LogP contribution in [0.3, 0.4) is 0 Å². The first-order valence-corrected chi connectivity index (χ1v) is 9.22. The Morgan fingerprint density at radius 3 is 2.46 bits per heavy atom. The highest BCUT2D eigenvalue weighted by atomic mass is 16.6. The van der Waals surface area contributed by atoms with E-state index in [0.29, 0.717) is 17.8 Å². The van der Waals surface area contributed by atoms with E-state index in [1.165, 1.54) is 22.4 Å². The Labute approximate surface area is 162 Å². The molecule has 0 saturated heterocycles. The van der Waals surface area contributed by atoms with Crippen LogP contribution in [0, 0.1) is 10.1 Å². The average Bonchev–Trinajstić information content (AvgIpc) is 3.02. The van der Waals surface area contributed by atoms with Crippen LogP contribution in [0.15, 0.2) is 64.4 Å². The Morgan fingerprint density at radius 2 is 1.82 bits per heavy atom. The minimum atomic E-state index is -0.464. The number of aromatic amines is 1. The molecule has 0 saturated carbocycles. The van der Waals surface area contributed by atoms with Crippen molar-refractivity contribution in [3.05, 3.63) is 91.9 Å². The van der Waals surface area contributed by atoms with E-state index >= 15 is 0 Å². The van der Waals surface area contributed by atoms with Crippen molar-refractivity contribution in [1.82, 2.24) is 9.78 Å². The maximum absolute atomic E-state index is 12.9.